The molecule has 0 aromatic heterocycles. The third-order valence-electron chi connectivity index (χ3n) is 3.61. The second-order valence-electron chi connectivity index (χ2n) is 5.43. The number of fused-ring (bicyclic) bond motifs is 1. The lowest BCUT2D eigenvalue weighted by Gasteiger charge is -1.98. The molecule has 1 fully saturated rings. The maximum absolute atomic E-state index is 12.1. The van der Waals surface area contributed by atoms with Crippen molar-refractivity contribution < 1.29 is 14.3 Å². The highest BCUT2D eigenvalue weighted by Gasteiger charge is 2.24. The van der Waals surface area contributed by atoms with Gasteiger partial charge in [0.15, 0.2) is 16.7 Å². The fourth-order valence-corrected chi connectivity index (χ4v) is 3.21. The van der Waals surface area contributed by atoms with Crippen LogP contribution in [0.4, 0.5) is 5.69 Å². The average molecular weight is 338 g/mol. The van der Waals surface area contributed by atoms with Crippen molar-refractivity contribution in [2.24, 2.45) is 4.99 Å². The molecular formula is C18H14N2O3S. The Kier molecular flexibility index (Phi) is 3.74. The van der Waals surface area contributed by atoms with Gasteiger partial charge >= 0.3 is 0 Å². The van der Waals surface area contributed by atoms with E-state index in [2.05, 4.69) is 10.3 Å². The van der Waals surface area contributed by atoms with E-state index in [1.165, 1.54) is 17.3 Å². The maximum Gasteiger partial charge on any atom is 0.264 e. The first-order valence-corrected chi connectivity index (χ1v) is 8.25. The van der Waals surface area contributed by atoms with E-state index in [1.807, 2.05) is 55.5 Å². The van der Waals surface area contributed by atoms with Gasteiger partial charge in [-0.3, -0.25) is 4.79 Å². The van der Waals surface area contributed by atoms with Gasteiger partial charge in [0.2, 0.25) is 6.79 Å². The Hall–Kier alpha value is -2.73. The zero-order chi connectivity index (χ0) is 16.5. The third kappa shape index (κ3) is 3.00. The third-order valence-corrected chi connectivity index (χ3v) is 4.52. The van der Waals surface area contributed by atoms with Gasteiger partial charge in [0, 0.05) is 0 Å². The van der Waals surface area contributed by atoms with Gasteiger partial charge in [0.1, 0.15) is 0 Å². The normalized spacial score (nSPS) is 19.1. The minimum Gasteiger partial charge on any atom is -0.454 e. The molecule has 2 aliphatic rings. The van der Waals surface area contributed by atoms with Crippen molar-refractivity contribution in [2.45, 2.75) is 6.92 Å². The molecule has 5 nitrogen and oxygen atoms in total. The topological polar surface area (TPSA) is 59.9 Å². The number of amides is 1. The monoisotopic (exact) mass is 338 g/mol. The van der Waals surface area contributed by atoms with E-state index in [9.17, 15) is 4.79 Å². The predicted octanol–water partition coefficient (Wildman–Crippen LogP) is 3.62. The molecule has 120 valence electrons. The number of nitrogens with one attached hydrogen (secondary N) is 1. The molecular weight excluding hydrogens is 324 g/mol. The Bertz CT molecular complexity index is 872. The molecule has 0 spiro atoms. The van der Waals surface area contributed by atoms with Gasteiger partial charge in [-0.1, -0.05) is 23.8 Å². The Balaban J connectivity index is 1.56. The number of rotatable bonds is 2. The van der Waals surface area contributed by atoms with E-state index in [0.717, 1.165) is 17.0 Å². The van der Waals surface area contributed by atoms with Crippen LogP contribution in [0.25, 0.3) is 6.08 Å². The number of nitrogens with zero attached hydrogens (tertiary/aromatic N) is 1. The van der Waals surface area contributed by atoms with Crippen molar-refractivity contribution in [1.82, 2.24) is 5.32 Å². The standard InChI is InChI=1S/C18H14N2O3S/c1-11-2-5-13(6-3-11)19-18-20-17(21)16(24-18)9-12-4-7-14-15(8-12)23-10-22-14/h2-9H,10H2,1H3,(H,19,20,21)/b16-9-. The molecule has 0 radical (unpaired) electrons. The fourth-order valence-electron chi connectivity index (χ4n) is 2.37. The quantitative estimate of drug-likeness (QED) is 0.850. The molecule has 1 saturated heterocycles. The lowest BCUT2D eigenvalue weighted by molar-refractivity contribution is -0.115. The number of carbonyl (C=O) groups is 1. The van der Waals surface area contributed by atoms with Crippen molar-refractivity contribution in [2.75, 3.05) is 6.79 Å². The van der Waals surface area contributed by atoms with Crippen LogP contribution < -0.4 is 14.8 Å². The average Bonchev–Trinajstić information content (AvgIpc) is 3.16. The van der Waals surface area contributed by atoms with Gasteiger partial charge in [-0.25, -0.2) is 4.99 Å². The van der Waals surface area contributed by atoms with Crippen LogP contribution in [0, 0.1) is 6.92 Å². The van der Waals surface area contributed by atoms with Crippen LogP contribution in [0.1, 0.15) is 11.1 Å². The smallest absolute Gasteiger partial charge is 0.264 e. The molecule has 2 heterocycles. The molecule has 1 amide bonds. The number of aryl methyl sites for hydroxylation is 1. The summed E-state index contributed by atoms with van der Waals surface area (Å²) in [7, 11) is 0. The number of hydrogen-bond donors (Lipinski definition) is 1. The molecule has 0 bridgehead atoms. The summed E-state index contributed by atoms with van der Waals surface area (Å²) in [6.45, 7) is 2.26. The minimum atomic E-state index is -0.150. The van der Waals surface area contributed by atoms with E-state index < -0.39 is 0 Å². The summed E-state index contributed by atoms with van der Waals surface area (Å²) in [5, 5.41) is 3.37. The summed E-state index contributed by atoms with van der Waals surface area (Å²) >= 11 is 1.32. The number of ether oxygens (including phenoxy) is 2. The fraction of sp³-hybridized carbons (Fsp3) is 0.111. The highest BCUT2D eigenvalue weighted by molar-refractivity contribution is 8.18. The zero-order valence-electron chi connectivity index (χ0n) is 12.9. The SMILES string of the molecule is Cc1ccc(N=C2NC(=O)/C(=C/c3ccc4c(c3)OCO4)S2)cc1. The molecule has 1 N–H and O–H groups in total. The largest absolute Gasteiger partial charge is 0.454 e. The van der Waals surface area contributed by atoms with Crippen molar-refractivity contribution in [3.05, 3.63) is 58.5 Å². The molecule has 6 heteroatoms. The van der Waals surface area contributed by atoms with Crippen molar-refractivity contribution in [3.8, 4) is 11.5 Å². The van der Waals surface area contributed by atoms with E-state index >= 15 is 0 Å². The van der Waals surface area contributed by atoms with Crippen molar-refractivity contribution >= 4 is 34.6 Å². The first kappa shape index (κ1) is 14.8. The molecule has 2 aromatic rings. The van der Waals surface area contributed by atoms with E-state index in [0.29, 0.717) is 15.8 Å². The predicted molar refractivity (Wildman–Crippen MR) is 94.5 cm³/mol. The number of thioether (sulfide) groups is 1. The van der Waals surface area contributed by atoms with Crippen molar-refractivity contribution in [3.63, 3.8) is 0 Å². The highest BCUT2D eigenvalue weighted by atomic mass is 32.2. The summed E-state index contributed by atoms with van der Waals surface area (Å²) in [6.07, 6.45) is 1.82. The lowest BCUT2D eigenvalue weighted by Crippen LogP contribution is -2.19. The summed E-state index contributed by atoms with van der Waals surface area (Å²) in [5.41, 5.74) is 2.87. The number of benzene rings is 2. The van der Waals surface area contributed by atoms with Gasteiger partial charge in [-0.05, 0) is 54.6 Å². The molecule has 0 saturated carbocycles. The first-order valence-electron chi connectivity index (χ1n) is 7.43. The first-order chi connectivity index (χ1) is 11.7. The van der Waals surface area contributed by atoms with Crippen LogP contribution in [-0.4, -0.2) is 17.9 Å². The second-order valence-corrected chi connectivity index (χ2v) is 6.46. The van der Waals surface area contributed by atoms with Crippen LogP contribution in [0.2, 0.25) is 0 Å². The molecule has 24 heavy (non-hydrogen) atoms. The van der Waals surface area contributed by atoms with Gasteiger partial charge in [-0.15, -0.1) is 0 Å². The van der Waals surface area contributed by atoms with Gasteiger partial charge < -0.3 is 14.8 Å². The minimum absolute atomic E-state index is 0.150. The lowest BCUT2D eigenvalue weighted by atomic mass is 10.2. The zero-order valence-corrected chi connectivity index (χ0v) is 13.7. The van der Waals surface area contributed by atoms with Crippen LogP contribution in [-0.2, 0) is 4.79 Å². The van der Waals surface area contributed by atoms with Gasteiger partial charge in [0.25, 0.3) is 5.91 Å². The number of aliphatic imine (C=N–C) groups is 1. The summed E-state index contributed by atoms with van der Waals surface area (Å²) in [6, 6.07) is 13.4. The van der Waals surface area contributed by atoms with Crippen LogP contribution in [0.3, 0.4) is 0 Å². The summed E-state index contributed by atoms with van der Waals surface area (Å²) < 4.78 is 10.6. The maximum atomic E-state index is 12.1. The molecule has 0 atom stereocenters. The molecule has 4 rings (SSSR count). The number of amidine groups is 1. The van der Waals surface area contributed by atoms with Crippen LogP contribution >= 0.6 is 11.8 Å². The Morgan fingerprint density at radius 3 is 2.75 bits per heavy atom. The summed E-state index contributed by atoms with van der Waals surface area (Å²) in [4.78, 5) is 17.2. The Morgan fingerprint density at radius 2 is 1.92 bits per heavy atom. The molecule has 2 aromatic carbocycles. The number of carbonyl (C=O) groups excluding carboxylic acids is 1. The van der Waals surface area contributed by atoms with Gasteiger partial charge in [0.05, 0.1) is 10.6 Å². The van der Waals surface area contributed by atoms with Crippen molar-refractivity contribution in [1.29, 1.82) is 0 Å². The Labute approximate surface area is 143 Å². The van der Waals surface area contributed by atoms with E-state index in [-0.39, 0.29) is 12.7 Å². The number of hydrogen-bond acceptors (Lipinski definition) is 5. The molecule has 0 unspecified atom stereocenters. The molecule has 2 aliphatic heterocycles. The van der Waals surface area contributed by atoms with E-state index in [1.54, 1.807) is 0 Å². The summed E-state index contributed by atoms with van der Waals surface area (Å²) in [5.74, 6) is 1.27. The van der Waals surface area contributed by atoms with E-state index in [4.69, 9.17) is 9.47 Å². The highest BCUT2D eigenvalue weighted by Crippen LogP contribution is 2.34. The van der Waals surface area contributed by atoms with Gasteiger partial charge in [-0.2, -0.15) is 0 Å². The Morgan fingerprint density at radius 1 is 1.12 bits per heavy atom. The van der Waals surface area contributed by atoms with Crippen LogP contribution in [0.5, 0.6) is 11.5 Å². The second kappa shape index (κ2) is 6.05. The molecule has 0 aliphatic carbocycles. The van der Waals surface area contributed by atoms with Crippen LogP contribution in [0.15, 0.2) is 52.4 Å².